The summed E-state index contributed by atoms with van der Waals surface area (Å²) in [7, 11) is 4.49. The zero-order chi connectivity index (χ0) is 18.4. The number of ether oxygens (including phenoxy) is 3. The van der Waals surface area contributed by atoms with Gasteiger partial charge in [0.25, 0.3) is 0 Å². The summed E-state index contributed by atoms with van der Waals surface area (Å²) in [5.74, 6) is -0.363. The van der Waals surface area contributed by atoms with Crippen LogP contribution in [0.3, 0.4) is 0 Å². The normalized spacial score (nSPS) is 10.3. The molecule has 0 aliphatic heterocycles. The molecule has 0 aliphatic rings. The summed E-state index contributed by atoms with van der Waals surface area (Å²) >= 11 is 0. The number of aryl methyl sites for hydroxylation is 1. The molecular weight excluding hydrogens is 332 g/mol. The summed E-state index contributed by atoms with van der Waals surface area (Å²) in [5, 5.41) is 2.36. The van der Waals surface area contributed by atoms with E-state index >= 15 is 0 Å². The average molecular weight is 351 g/mol. The van der Waals surface area contributed by atoms with Gasteiger partial charge in [-0.2, -0.15) is 0 Å². The van der Waals surface area contributed by atoms with Crippen LogP contribution in [0.4, 0.5) is 14.5 Å². The van der Waals surface area contributed by atoms with Gasteiger partial charge in [-0.15, -0.1) is 0 Å². The zero-order valence-corrected chi connectivity index (χ0v) is 14.2. The Labute approximate surface area is 144 Å². The molecule has 7 heteroatoms. The first kappa shape index (κ1) is 18.5. The van der Waals surface area contributed by atoms with E-state index in [4.69, 9.17) is 14.2 Å². The summed E-state index contributed by atoms with van der Waals surface area (Å²) in [4.78, 5) is 12.0. The summed E-state index contributed by atoms with van der Waals surface area (Å²) in [5.41, 5.74) is 0.541. The highest BCUT2D eigenvalue weighted by molar-refractivity contribution is 5.91. The maximum absolute atomic E-state index is 13.6. The molecule has 0 saturated heterocycles. The van der Waals surface area contributed by atoms with Crippen molar-refractivity contribution in [1.82, 2.24) is 0 Å². The first-order chi connectivity index (χ1) is 12.0. The van der Waals surface area contributed by atoms with Gasteiger partial charge in [0.15, 0.2) is 11.5 Å². The smallest absolute Gasteiger partial charge is 0.224 e. The predicted octanol–water partition coefficient (Wildman–Crippen LogP) is 3.56. The maximum Gasteiger partial charge on any atom is 0.224 e. The minimum absolute atomic E-state index is 0.0573. The minimum atomic E-state index is -0.696. The number of halogens is 2. The quantitative estimate of drug-likeness (QED) is 0.829. The second kappa shape index (κ2) is 8.32. The molecule has 0 aliphatic carbocycles. The first-order valence-corrected chi connectivity index (χ1v) is 7.53. The summed E-state index contributed by atoms with van der Waals surface area (Å²) in [6.07, 6.45) is 0.383. The lowest BCUT2D eigenvalue weighted by atomic mass is 10.1. The van der Waals surface area contributed by atoms with Gasteiger partial charge in [-0.1, -0.05) is 6.07 Å². The zero-order valence-electron chi connectivity index (χ0n) is 14.2. The van der Waals surface area contributed by atoms with Crippen LogP contribution in [-0.4, -0.2) is 27.2 Å². The van der Waals surface area contributed by atoms with Crippen LogP contribution in [0.1, 0.15) is 12.0 Å². The van der Waals surface area contributed by atoms with Crippen LogP contribution in [0.15, 0.2) is 30.3 Å². The number of anilines is 1. The van der Waals surface area contributed by atoms with E-state index in [0.717, 1.165) is 23.8 Å². The van der Waals surface area contributed by atoms with Gasteiger partial charge in [-0.25, -0.2) is 8.78 Å². The molecule has 0 unspecified atom stereocenters. The summed E-state index contributed by atoms with van der Waals surface area (Å²) in [6.45, 7) is 0. The van der Waals surface area contributed by atoms with Crippen molar-refractivity contribution in [2.24, 2.45) is 0 Å². The largest absolute Gasteiger partial charge is 0.493 e. The van der Waals surface area contributed by atoms with Crippen molar-refractivity contribution >= 4 is 11.6 Å². The highest BCUT2D eigenvalue weighted by Crippen LogP contribution is 2.40. The first-order valence-electron chi connectivity index (χ1n) is 7.53. The van der Waals surface area contributed by atoms with Crippen molar-refractivity contribution in [2.45, 2.75) is 12.8 Å². The lowest BCUT2D eigenvalue weighted by Crippen LogP contribution is -2.14. The van der Waals surface area contributed by atoms with Gasteiger partial charge in [-0.05, 0) is 30.2 Å². The van der Waals surface area contributed by atoms with Crippen LogP contribution < -0.4 is 19.5 Å². The molecule has 0 heterocycles. The number of amides is 1. The third-order valence-electron chi connectivity index (χ3n) is 3.61. The second-order valence-corrected chi connectivity index (χ2v) is 5.17. The minimum Gasteiger partial charge on any atom is -0.493 e. The Hall–Kier alpha value is -2.83. The van der Waals surface area contributed by atoms with Crippen LogP contribution in [0, 0.1) is 11.6 Å². The molecular formula is C18H19F2NO4. The molecule has 0 saturated carbocycles. The van der Waals surface area contributed by atoms with E-state index in [2.05, 4.69) is 5.32 Å². The fraction of sp³-hybridized carbons (Fsp3) is 0.278. The third-order valence-corrected chi connectivity index (χ3v) is 3.61. The third kappa shape index (κ3) is 4.37. The number of hydrogen-bond acceptors (Lipinski definition) is 4. The second-order valence-electron chi connectivity index (χ2n) is 5.17. The molecule has 0 radical (unpaired) electrons. The van der Waals surface area contributed by atoms with Gasteiger partial charge in [0, 0.05) is 12.5 Å². The average Bonchev–Trinajstić information content (AvgIpc) is 2.61. The van der Waals surface area contributed by atoms with Crippen molar-refractivity contribution in [3.05, 3.63) is 47.5 Å². The van der Waals surface area contributed by atoms with Crippen LogP contribution in [0.5, 0.6) is 17.2 Å². The fourth-order valence-electron chi connectivity index (χ4n) is 2.41. The standard InChI is InChI=1S/C18H19F2NO4/c1-23-15-8-4-11(17(24-2)18(15)25-3)5-9-16(22)21-14-10-12(19)6-7-13(14)20/h4,6-8,10H,5,9H2,1-3H3,(H,21,22). The molecule has 0 aromatic heterocycles. The molecule has 2 rings (SSSR count). The number of rotatable bonds is 7. The van der Waals surface area contributed by atoms with E-state index in [-0.39, 0.29) is 12.1 Å². The Morgan fingerprint density at radius 3 is 2.36 bits per heavy atom. The number of carbonyl (C=O) groups excluding carboxylic acids is 1. The van der Waals surface area contributed by atoms with E-state index in [9.17, 15) is 13.6 Å². The van der Waals surface area contributed by atoms with Crippen molar-refractivity contribution in [2.75, 3.05) is 26.6 Å². The van der Waals surface area contributed by atoms with Gasteiger partial charge in [0.1, 0.15) is 11.6 Å². The van der Waals surface area contributed by atoms with E-state index in [1.54, 1.807) is 12.1 Å². The number of carbonyl (C=O) groups is 1. The van der Waals surface area contributed by atoms with Crippen molar-refractivity contribution in [3.8, 4) is 17.2 Å². The topological polar surface area (TPSA) is 56.8 Å². The fourth-order valence-corrected chi connectivity index (χ4v) is 2.41. The molecule has 2 aromatic rings. The molecule has 0 fully saturated rings. The maximum atomic E-state index is 13.6. The Bertz CT molecular complexity index is 765. The lowest BCUT2D eigenvalue weighted by molar-refractivity contribution is -0.116. The summed E-state index contributed by atoms with van der Waals surface area (Å²) in [6, 6.07) is 6.35. The molecule has 2 aromatic carbocycles. The van der Waals surface area contributed by atoms with E-state index in [1.165, 1.54) is 21.3 Å². The Balaban J connectivity index is 2.10. The lowest BCUT2D eigenvalue weighted by Gasteiger charge is -2.15. The molecule has 0 bridgehead atoms. The number of hydrogen-bond donors (Lipinski definition) is 1. The SMILES string of the molecule is COc1ccc(CCC(=O)Nc2cc(F)ccc2F)c(OC)c1OC. The van der Waals surface area contributed by atoms with Gasteiger partial charge < -0.3 is 19.5 Å². The molecule has 1 N–H and O–H groups in total. The molecule has 134 valence electrons. The Kier molecular flexibility index (Phi) is 6.16. The van der Waals surface area contributed by atoms with Crippen molar-refractivity contribution in [3.63, 3.8) is 0 Å². The predicted molar refractivity (Wildman–Crippen MR) is 89.4 cm³/mol. The highest BCUT2D eigenvalue weighted by atomic mass is 19.1. The van der Waals surface area contributed by atoms with Crippen molar-refractivity contribution in [1.29, 1.82) is 0 Å². The number of benzene rings is 2. The van der Waals surface area contributed by atoms with Gasteiger partial charge in [0.05, 0.1) is 27.0 Å². The van der Waals surface area contributed by atoms with Crippen molar-refractivity contribution < 1.29 is 27.8 Å². The van der Waals surface area contributed by atoms with E-state index in [0.29, 0.717) is 23.7 Å². The van der Waals surface area contributed by atoms with Gasteiger partial charge in [0.2, 0.25) is 11.7 Å². The van der Waals surface area contributed by atoms with Crippen LogP contribution in [-0.2, 0) is 11.2 Å². The molecule has 0 spiro atoms. The van der Waals surface area contributed by atoms with Crippen LogP contribution >= 0.6 is 0 Å². The van der Waals surface area contributed by atoms with Crippen LogP contribution in [0.2, 0.25) is 0 Å². The van der Waals surface area contributed by atoms with Gasteiger partial charge >= 0.3 is 0 Å². The van der Waals surface area contributed by atoms with E-state index in [1.807, 2.05) is 0 Å². The molecule has 5 nitrogen and oxygen atoms in total. The van der Waals surface area contributed by atoms with Gasteiger partial charge in [-0.3, -0.25) is 4.79 Å². The van der Waals surface area contributed by atoms with E-state index < -0.39 is 17.5 Å². The molecule has 0 atom stereocenters. The van der Waals surface area contributed by atoms with Crippen LogP contribution in [0.25, 0.3) is 0 Å². The molecule has 1 amide bonds. The molecule has 25 heavy (non-hydrogen) atoms. The number of methoxy groups -OCH3 is 3. The monoisotopic (exact) mass is 351 g/mol. The highest BCUT2D eigenvalue weighted by Gasteiger charge is 2.17. The number of nitrogens with one attached hydrogen (secondary N) is 1. The Morgan fingerprint density at radius 1 is 1.00 bits per heavy atom. The summed E-state index contributed by atoms with van der Waals surface area (Å²) < 4.78 is 42.5. The Morgan fingerprint density at radius 2 is 1.72 bits per heavy atom.